The Morgan fingerprint density at radius 2 is 2.15 bits per heavy atom. The summed E-state index contributed by atoms with van der Waals surface area (Å²) in [5.41, 5.74) is 5.85. The molecule has 0 radical (unpaired) electrons. The first-order valence-electron chi connectivity index (χ1n) is 5.15. The minimum Gasteiger partial charge on any atom is -0.370 e. The molecule has 0 aliphatic heterocycles. The lowest BCUT2D eigenvalue weighted by molar-refractivity contribution is 0.418. The van der Waals surface area contributed by atoms with Gasteiger partial charge in [-0.15, -0.1) is 0 Å². The molecule has 3 heteroatoms. The van der Waals surface area contributed by atoms with E-state index in [0.717, 1.165) is 12.8 Å². The van der Waals surface area contributed by atoms with E-state index in [9.17, 15) is 0 Å². The lowest BCUT2D eigenvalue weighted by Gasteiger charge is -2.26. The second-order valence-corrected chi connectivity index (χ2v) is 4.50. The van der Waals surface area contributed by atoms with Crippen LogP contribution in [0.1, 0.15) is 46.5 Å². The molecule has 0 aromatic heterocycles. The Bertz CT molecular complexity index is 192. The van der Waals surface area contributed by atoms with Gasteiger partial charge in [-0.3, -0.25) is 4.99 Å². The molecule has 3 N–H and O–H groups in total. The van der Waals surface area contributed by atoms with Gasteiger partial charge in [-0.05, 0) is 33.1 Å². The summed E-state index contributed by atoms with van der Waals surface area (Å²) >= 11 is 0. The fourth-order valence-corrected chi connectivity index (χ4v) is 1.47. The van der Waals surface area contributed by atoms with Crippen molar-refractivity contribution in [2.24, 2.45) is 10.7 Å². The number of nitrogens with two attached hydrogens (primary N) is 1. The number of hydrogen-bond donors (Lipinski definition) is 2. The van der Waals surface area contributed by atoms with Crippen LogP contribution in [0.5, 0.6) is 0 Å². The van der Waals surface area contributed by atoms with Crippen LogP contribution in [0, 0.1) is 0 Å². The van der Waals surface area contributed by atoms with Crippen LogP contribution in [0.4, 0.5) is 0 Å². The Hall–Kier alpha value is -0.730. The highest BCUT2D eigenvalue weighted by molar-refractivity contribution is 5.78. The van der Waals surface area contributed by atoms with Crippen LogP contribution in [0.25, 0.3) is 0 Å². The summed E-state index contributed by atoms with van der Waals surface area (Å²) in [6.45, 7) is 6.50. The predicted octanol–water partition coefficient (Wildman–Crippen LogP) is 1.63. The quantitative estimate of drug-likeness (QED) is 0.514. The molecule has 0 spiro atoms. The van der Waals surface area contributed by atoms with E-state index in [2.05, 4.69) is 31.1 Å². The van der Waals surface area contributed by atoms with Crippen molar-refractivity contribution in [1.82, 2.24) is 5.32 Å². The third kappa shape index (κ3) is 4.15. The maximum atomic E-state index is 5.77. The third-order valence-electron chi connectivity index (χ3n) is 2.21. The Labute approximate surface area is 80.8 Å². The molecule has 0 heterocycles. The van der Waals surface area contributed by atoms with E-state index in [0.29, 0.717) is 12.0 Å². The maximum Gasteiger partial charge on any atom is 0.189 e. The maximum absolute atomic E-state index is 5.77. The molecule has 0 amide bonds. The molecule has 0 atom stereocenters. The average molecular weight is 183 g/mol. The molecule has 13 heavy (non-hydrogen) atoms. The van der Waals surface area contributed by atoms with Gasteiger partial charge in [0.05, 0.1) is 6.04 Å². The van der Waals surface area contributed by atoms with Crippen LogP contribution in [0.3, 0.4) is 0 Å². The summed E-state index contributed by atoms with van der Waals surface area (Å²) in [5.74, 6) is 0.612. The zero-order valence-corrected chi connectivity index (χ0v) is 8.93. The lowest BCUT2D eigenvalue weighted by atomic mass is 9.99. The molecule has 3 nitrogen and oxygen atoms in total. The molecule has 1 aliphatic rings. The molecule has 0 aromatic rings. The first-order chi connectivity index (χ1) is 6.03. The summed E-state index contributed by atoms with van der Waals surface area (Å²) in [6.07, 6.45) is 4.69. The van der Waals surface area contributed by atoms with Gasteiger partial charge in [0, 0.05) is 5.54 Å². The van der Waals surface area contributed by atoms with Gasteiger partial charge < -0.3 is 11.1 Å². The molecule has 1 saturated carbocycles. The molecule has 1 rings (SSSR count). The highest BCUT2D eigenvalue weighted by Crippen LogP contribution is 2.23. The third-order valence-corrected chi connectivity index (χ3v) is 2.21. The lowest BCUT2D eigenvalue weighted by Crippen LogP contribution is -2.47. The Balaban J connectivity index is 2.36. The van der Waals surface area contributed by atoms with Crippen molar-refractivity contribution in [1.29, 1.82) is 0 Å². The molecule has 0 aromatic carbocycles. The Kier molecular flexibility index (Phi) is 3.17. The van der Waals surface area contributed by atoms with E-state index in [1.165, 1.54) is 12.8 Å². The summed E-state index contributed by atoms with van der Waals surface area (Å²) in [7, 11) is 0. The van der Waals surface area contributed by atoms with Gasteiger partial charge in [0.25, 0.3) is 0 Å². The van der Waals surface area contributed by atoms with Gasteiger partial charge >= 0.3 is 0 Å². The van der Waals surface area contributed by atoms with Crippen molar-refractivity contribution in [3.8, 4) is 0 Å². The summed E-state index contributed by atoms with van der Waals surface area (Å²) in [6, 6.07) is 0.505. The van der Waals surface area contributed by atoms with Crippen molar-refractivity contribution in [3.63, 3.8) is 0 Å². The molecular weight excluding hydrogens is 162 g/mol. The fourth-order valence-electron chi connectivity index (χ4n) is 1.47. The monoisotopic (exact) mass is 183 g/mol. The standard InChI is InChI=1S/C10H21N3/c1-4-7-10(2,3)13-9(11)12-8-5-6-8/h8H,4-7H2,1-3H3,(H3,11,12,13). The molecule has 1 fully saturated rings. The number of hydrogen-bond acceptors (Lipinski definition) is 1. The zero-order valence-electron chi connectivity index (χ0n) is 8.93. The average Bonchev–Trinajstić information content (AvgIpc) is 2.68. The van der Waals surface area contributed by atoms with Gasteiger partial charge in [-0.1, -0.05) is 13.3 Å². The van der Waals surface area contributed by atoms with E-state index in [1.54, 1.807) is 0 Å². The van der Waals surface area contributed by atoms with Crippen LogP contribution < -0.4 is 11.1 Å². The molecule has 76 valence electrons. The van der Waals surface area contributed by atoms with Crippen LogP contribution in [-0.4, -0.2) is 17.5 Å². The number of guanidine groups is 1. The zero-order chi connectivity index (χ0) is 9.90. The minimum atomic E-state index is 0.0806. The van der Waals surface area contributed by atoms with E-state index in [4.69, 9.17) is 5.73 Å². The number of nitrogens with zero attached hydrogens (tertiary/aromatic N) is 1. The van der Waals surface area contributed by atoms with Crippen LogP contribution in [0.15, 0.2) is 4.99 Å². The largest absolute Gasteiger partial charge is 0.370 e. The van der Waals surface area contributed by atoms with Crippen molar-refractivity contribution < 1.29 is 0 Å². The molecule has 0 saturated heterocycles. The van der Waals surface area contributed by atoms with E-state index in [1.807, 2.05) is 0 Å². The normalized spacial score (nSPS) is 18.8. The Morgan fingerprint density at radius 1 is 1.54 bits per heavy atom. The first kappa shape index (κ1) is 10.4. The number of nitrogens with one attached hydrogen (secondary N) is 1. The van der Waals surface area contributed by atoms with Crippen LogP contribution in [0.2, 0.25) is 0 Å². The number of rotatable bonds is 4. The first-order valence-corrected chi connectivity index (χ1v) is 5.15. The van der Waals surface area contributed by atoms with Crippen LogP contribution >= 0.6 is 0 Å². The molecule has 0 unspecified atom stereocenters. The van der Waals surface area contributed by atoms with E-state index >= 15 is 0 Å². The highest BCUT2D eigenvalue weighted by atomic mass is 15.1. The van der Waals surface area contributed by atoms with E-state index in [-0.39, 0.29) is 5.54 Å². The summed E-state index contributed by atoms with van der Waals surface area (Å²) in [5, 5.41) is 3.26. The topological polar surface area (TPSA) is 50.4 Å². The second kappa shape index (κ2) is 3.99. The van der Waals surface area contributed by atoms with Gasteiger partial charge in [0.1, 0.15) is 0 Å². The highest BCUT2D eigenvalue weighted by Gasteiger charge is 2.22. The van der Waals surface area contributed by atoms with Crippen molar-refractivity contribution in [3.05, 3.63) is 0 Å². The molecule has 0 bridgehead atoms. The SMILES string of the molecule is CCCC(C)(C)NC(N)=NC1CC1. The summed E-state index contributed by atoms with van der Waals surface area (Å²) < 4.78 is 0. The van der Waals surface area contributed by atoms with Gasteiger partial charge in [0.2, 0.25) is 0 Å². The van der Waals surface area contributed by atoms with Crippen LogP contribution in [-0.2, 0) is 0 Å². The van der Waals surface area contributed by atoms with Crippen molar-refractivity contribution in [2.75, 3.05) is 0 Å². The van der Waals surface area contributed by atoms with Crippen molar-refractivity contribution in [2.45, 2.75) is 58.0 Å². The smallest absolute Gasteiger partial charge is 0.189 e. The predicted molar refractivity (Wildman–Crippen MR) is 56.8 cm³/mol. The molecule has 1 aliphatic carbocycles. The van der Waals surface area contributed by atoms with Gasteiger partial charge in [-0.2, -0.15) is 0 Å². The van der Waals surface area contributed by atoms with E-state index < -0.39 is 0 Å². The van der Waals surface area contributed by atoms with Gasteiger partial charge in [0.15, 0.2) is 5.96 Å². The van der Waals surface area contributed by atoms with Crippen molar-refractivity contribution >= 4 is 5.96 Å². The van der Waals surface area contributed by atoms with Gasteiger partial charge in [-0.25, -0.2) is 0 Å². The molecular formula is C10H21N3. The minimum absolute atomic E-state index is 0.0806. The second-order valence-electron chi connectivity index (χ2n) is 4.50. The summed E-state index contributed by atoms with van der Waals surface area (Å²) in [4.78, 5) is 4.34. The number of aliphatic imine (C=N–C) groups is 1. The Morgan fingerprint density at radius 3 is 2.62 bits per heavy atom. The fraction of sp³-hybridized carbons (Fsp3) is 0.900.